The minimum Gasteiger partial charge on any atom is -0.294 e. The molecule has 0 aliphatic rings. The van der Waals surface area contributed by atoms with Crippen molar-refractivity contribution in [2.45, 2.75) is 26.2 Å². The van der Waals surface area contributed by atoms with Crippen LogP contribution in [0.4, 0.5) is 0 Å². The fourth-order valence-corrected chi connectivity index (χ4v) is 1.28. The molecule has 1 aromatic rings. The van der Waals surface area contributed by atoms with Gasteiger partial charge in [-0.15, -0.1) is 0 Å². The molecule has 1 rings (SSSR count). The summed E-state index contributed by atoms with van der Waals surface area (Å²) in [4.78, 5) is 10.8. The van der Waals surface area contributed by atoms with Gasteiger partial charge >= 0.3 is 0 Å². The molecule has 14 heavy (non-hydrogen) atoms. The van der Waals surface area contributed by atoms with Gasteiger partial charge in [-0.05, 0) is 25.3 Å². The number of amides is 1. The van der Waals surface area contributed by atoms with Crippen LogP contribution in [0.1, 0.15) is 24.0 Å². The van der Waals surface area contributed by atoms with Gasteiger partial charge in [0, 0.05) is 6.42 Å². The fourth-order valence-electron chi connectivity index (χ4n) is 1.28. The van der Waals surface area contributed by atoms with Crippen molar-refractivity contribution >= 4 is 5.91 Å². The smallest absolute Gasteiger partial charge is 0.233 e. The van der Waals surface area contributed by atoms with E-state index < -0.39 is 0 Å². The molecule has 0 unspecified atom stereocenters. The minimum atomic E-state index is -0.0999. The van der Waals surface area contributed by atoms with Gasteiger partial charge in [-0.3, -0.25) is 10.2 Å². The molecule has 0 saturated carbocycles. The third-order valence-electron chi connectivity index (χ3n) is 2.15. The Kier molecular flexibility index (Phi) is 4.13. The molecule has 0 radical (unpaired) electrons. The molecule has 1 amide bonds. The highest BCUT2D eigenvalue weighted by atomic mass is 16.2. The number of nitrogens with two attached hydrogens (primary N) is 1. The summed E-state index contributed by atoms with van der Waals surface area (Å²) >= 11 is 0. The Bertz CT molecular complexity index is 293. The molecular formula is C11H16N2O. The molecule has 0 spiro atoms. The second kappa shape index (κ2) is 5.40. The molecule has 0 aliphatic heterocycles. The van der Waals surface area contributed by atoms with Gasteiger partial charge in [0.2, 0.25) is 5.91 Å². The molecule has 0 fully saturated rings. The number of nitrogens with one attached hydrogen (secondary N) is 1. The summed E-state index contributed by atoms with van der Waals surface area (Å²) in [7, 11) is 0. The van der Waals surface area contributed by atoms with Crippen molar-refractivity contribution in [3.63, 3.8) is 0 Å². The quantitative estimate of drug-likeness (QED) is 0.429. The molecule has 76 valence electrons. The van der Waals surface area contributed by atoms with Crippen LogP contribution in [0.2, 0.25) is 0 Å². The van der Waals surface area contributed by atoms with Crippen LogP contribution in [0.25, 0.3) is 0 Å². The van der Waals surface area contributed by atoms with Crippen molar-refractivity contribution in [2.24, 2.45) is 5.84 Å². The van der Waals surface area contributed by atoms with E-state index in [0.717, 1.165) is 12.8 Å². The molecule has 0 aromatic heterocycles. The van der Waals surface area contributed by atoms with Gasteiger partial charge in [0.05, 0.1) is 0 Å². The second-order valence-corrected chi connectivity index (χ2v) is 3.41. The van der Waals surface area contributed by atoms with Crippen molar-refractivity contribution in [1.82, 2.24) is 5.43 Å². The number of carbonyl (C=O) groups excluding carboxylic acids is 1. The maximum absolute atomic E-state index is 10.8. The Labute approximate surface area is 84.3 Å². The Morgan fingerprint density at radius 2 is 2.00 bits per heavy atom. The zero-order chi connectivity index (χ0) is 10.4. The molecule has 0 saturated heterocycles. The predicted molar refractivity (Wildman–Crippen MR) is 56.4 cm³/mol. The molecule has 3 heteroatoms. The van der Waals surface area contributed by atoms with Crippen molar-refractivity contribution in [3.05, 3.63) is 35.4 Å². The summed E-state index contributed by atoms with van der Waals surface area (Å²) in [6.07, 6.45) is 2.25. The Balaban J connectivity index is 2.31. The maximum Gasteiger partial charge on any atom is 0.233 e. The number of hydrogen-bond acceptors (Lipinski definition) is 2. The van der Waals surface area contributed by atoms with Crippen molar-refractivity contribution in [2.75, 3.05) is 0 Å². The van der Waals surface area contributed by atoms with Gasteiger partial charge in [-0.25, -0.2) is 5.84 Å². The summed E-state index contributed by atoms with van der Waals surface area (Å²) in [6, 6.07) is 8.35. The number of hydrogen-bond donors (Lipinski definition) is 2. The predicted octanol–water partition coefficient (Wildman–Crippen LogP) is 1.31. The third-order valence-corrected chi connectivity index (χ3v) is 2.15. The summed E-state index contributed by atoms with van der Waals surface area (Å²) in [5.74, 6) is 4.87. The lowest BCUT2D eigenvalue weighted by atomic mass is 10.1. The zero-order valence-corrected chi connectivity index (χ0v) is 8.42. The van der Waals surface area contributed by atoms with E-state index in [1.54, 1.807) is 0 Å². The van der Waals surface area contributed by atoms with Crippen LogP contribution in [0.15, 0.2) is 24.3 Å². The topological polar surface area (TPSA) is 55.1 Å². The molecule has 3 nitrogen and oxygen atoms in total. The lowest BCUT2D eigenvalue weighted by Crippen LogP contribution is -2.29. The normalized spacial score (nSPS) is 9.86. The molecule has 0 aliphatic carbocycles. The van der Waals surface area contributed by atoms with Gasteiger partial charge in [-0.2, -0.15) is 0 Å². The van der Waals surface area contributed by atoms with Gasteiger partial charge in [0.25, 0.3) is 0 Å². The number of carbonyl (C=O) groups is 1. The Hall–Kier alpha value is -1.35. The monoisotopic (exact) mass is 192 g/mol. The average Bonchev–Trinajstić information content (AvgIpc) is 2.21. The number of benzene rings is 1. The third kappa shape index (κ3) is 3.58. The maximum atomic E-state index is 10.8. The zero-order valence-electron chi connectivity index (χ0n) is 8.42. The first-order valence-corrected chi connectivity index (χ1v) is 4.77. The number of aryl methyl sites for hydroxylation is 2. The first kappa shape index (κ1) is 10.7. The minimum absolute atomic E-state index is 0.0999. The number of hydrazine groups is 1. The van der Waals surface area contributed by atoms with E-state index in [4.69, 9.17) is 5.84 Å². The summed E-state index contributed by atoms with van der Waals surface area (Å²) < 4.78 is 0. The second-order valence-electron chi connectivity index (χ2n) is 3.41. The lowest BCUT2D eigenvalue weighted by molar-refractivity contribution is -0.121. The molecule has 0 heterocycles. The van der Waals surface area contributed by atoms with E-state index in [1.807, 2.05) is 0 Å². The van der Waals surface area contributed by atoms with Gasteiger partial charge in [0.1, 0.15) is 0 Å². The van der Waals surface area contributed by atoms with E-state index in [1.165, 1.54) is 11.1 Å². The van der Waals surface area contributed by atoms with E-state index in [2.05, 4.69) is 36.6 Å². The Morgan fingerprint density at radius 1 is 1.36 bits per heavy atom. The van der Waals surface area contributed by atoms with Crippen LogP contribution in [0.5, 0.6) is 0 Å². The molecule has 0 bridgehead atoms. The van der Waals surface area contributed by atoms with Gasteiger partial charge < -0.3 is 0 Å². The van der Waals surface area contributed by atoms with Crippen LogP contribution in [0.3, 0.4) is 0 Å². The summed E-state index contributed by atoms with van der Waals surface area (Å²) in [5.41, 5.74) is 4.64. The first-order valence-electron chi connectivity index (χ1n) is 4.77. The van der Waals surface area contributed by atoms with Gasteiger partial charge in [0.15, 0.2) is 0 Å². The standard InChI is InChI=1S/C11H16N2O/c1-9-5-7-10(8-6-9)3-2-4-11(14)13-12/h5-8H,2-4,12H2,1H3,(H,13,14). The molecule has 1 aromatic carbocycles. The molecule has 3 N–H and O–H groups in total. The molecule has 0 atom stereocenters. The first-order chi connectivity index (χ1) is 6.72. The lowest BCUT2D eigenvalue weighted by Gasteiger charge is -2.01. The van der Waals surface area contributed by atoms with Crippen LogP contribution >= 0.6 is 0 Å². The summed E-state index contributed by atoms with van der Waals surface area (Å²) in [6.45, 7) is 2.06. The summed E-state index contributed by atoms with van der Waals surface area (Å²) in [5, 5.41) is 0. The van der Waals surface area contributed by atoms with Crippen LogP contribution < -0.4 is 11.3 Å². The van der Waals surface area contributed by atoms with E-state index >= 15 is 0 Å². The highest BCUT2D eigenvalue weighted by Crippen LogP contribution is 2.06. The SMILES string of the molecule is Cc1ccc(CCCC(=O)NN)cc1. The number of rotatable bonds is 4. The highest BCUT2D eigenvalue weighted by Gasteiger charge is 1.98. The van der Waals surface area contributed by atoms with Crippen LogP contribution in [-0.4, -0.2) is 5.91 Å². The average molecular weight is 192 g/mol. The van der Waals surface area contributed by atoms with E-state index in [0.29, 0.717) is 6.42 Å². The van der Waals surface area contributed by atoms with Crippen molar-refractivity contribution in [1.29, 1.82) is 0 Å². The largest absolute Gasteiger partial charge is 0.294 e. The molecular weight excluding hydrogens is 176 g/mol. The van der Waals surface area contributed by atoms with E-state index in [9.17, 15) is 4.79 Å². The van der Waals surface area contributed by atoms with Gasteiger partial charge in [-0.1, -0.05) is 29.8 Å². The fraction of sp³-hybridized carbons (Fsp3) is 0.364. The Morgan fingerprint density at radius 3 is 2.57 bits per heavy atom. The van der Waals surface area contributed by atoms with Crippen molar-refractivity contribution in [3.8, 4) is 0 Å². The van der Waals surface area contributed by atoms with Crippen molar-refractivity contribution < 1.29 is 4.79 Å². The van der Waals surface area contributed by atoms with Crippen LogP contribution in [0, 0.1) is 6.92 Å². The van der Waals surface area contributed by atoms with E-state index in [-0.39, 0.29) is 5.91 Å². The highest BCUT2D eigenvalue weighted by molar-refractivity contribution is 5.75. The van der Waals surface area contributed by atoms with Crippen LogP contribution in [-0.2, 0) is 11.2 Å².